The van der Waals surface area contributed by atoms with Crippen molar-refractivity contribution in [3.05, 3.63) is 30.1 Å². The zero-order chi connectivity index (χ0) is 16.2. The number of carbonyl (C=O) groups excluding carboxylic acids is 2. The Morgan fingerprint density at radius 1 is 1.41 bits per heavy atom. The van der Waals surface area contributed by atoms with E-state index in [-0.39, 0.29) is 23.7 Å². The van der Waals surface area contributed by atoms with Crippen molar-refractivity contribution in [2.75, 3.05) is 19.0 Å². The third kappa shape index (κ3) is 3.97. The molecule has 2 heterocycles. The Bertz CT molecular complexity index is 525. The van der Waals surface area contributed by atoms with E-state index in [0.717, 1.165) is 12.8 Å². The molecule has 6 heteroatoms. The molecule has 0 spiro atoms. The lowest BCUT2D eigenvalue weighted by atomic mass is 9.93. The summed E-state index contributed by atoms with van der Waals surface area (Å²) in [6.45, 7) is 4.94. The highest BCUT2D eigenvalue weighted by Crippen LogP contribution is 2.19. The van der Waals surface area contributed by atoms with E-state index in [4.69, 9.17) is 11.6 Å². The van der Waals surface area contributed by atoms with E-state index < -0.39 is 5.41 Å². The lowest BCUT2D eigenvalue weighted by Crippen LogP contribution is -2.49. The quantitative estimate of drug-likeness (QED) is 0.863. The zero-order valence-electron chi connectivity index (χ0n) is 13.0. The van der Waals surface area contributed by atoms with Crippen molar-refractivity contribution in [1.82, 2.24) is 15.2 Å². The van der Waals surface area contributed by atoms with Crippen LogP contribution in [0.25, 0.3) is 0 Å². The molecule has 120 valence electrons. The molecule has 2 amide bonds. The second-order valence-electron chi connectivity index (χ2n) is 6.30. The monoisotopic (exact) mass is 323 g/mol. The largest absolute Gasteiger partial charge is 0.353 e. The van der Waals surface area contributed by atoms with Crippen molar-refractivity contribution in [3.63, 3.8) is 0 Å². The maximum atomic E-state index is 12.3. The van der Waals surface area contributed by atoms with Crippen molar-refractivity contribution in [2.45, 2.75) is 32.7 Å². The van der Waals surface area contributed by atoms with Gasteiger partial charge in [-0.1, -0.05) is 0 Å². The van der Waals surface area contributed by atoms with Crippen LogP contribution in [0.3, 0.4) is 0 Å². The van der Waals surface area contributed by atoms with Gasteiger partial charge in [-0.05, 0) is 38.8 Å². The standard InChI is InChI=1S/C16H22ClN3O2/c1-16(2,11-17)15(22)19-13-5-8-20(9-6-13)14(21)12-4-3-7-18-10-12/h3-4,7,10,13H,5-6,8-9,11H2,1-2H3,(H,19,22). The molecular formula is C16H22ClN3O2. The number of piperidine rings is 1. The molecule has 0 unspecified atom stereocenters. The molecule has 0 atom stereocenters. The molecule has 1 fully saturated rings. The smallest absolute Gasteiger partial charge is 0.255 e. The number of nitrogens with zero attached hydrogens (tertiary/aromatic N) is 2. The summed E-state index contributed by atoms with van der Waals surface area (Å²) in [7, 11) is 0. The number of hydrogen-bond donors (Lipinski definition) is 1. The van der Waals surface area contributed by atoms with E-state index in [1.54, 1.807) is 24.5 Å². The van der Waals surface area contributed by atoms with Gasteiger partial charge < -0.3 is 10.2 Å². The highest BCUT2D eigenvalue weighted by atomic mass is 35.5. The molecule has 1 N–H and O–H groups in total. The first-order valence-electron chi connectivity index (χ1n) is 7.50. The summed E-state index contributed by atoms with van der Waals surface area (Å²) in [6.07, 6.45) is 4.75. The molecule has 0 radical (unpaired) electrons. The van der Waals surface area contributed by atoms with Gasteiger partial charge in [0.05, 0.1) is 11.0 Å². The van der Waals surface area contributed by atoms with Crippen LogP contribution in [0.4, 0.5) is 0 Å². The Morgan fingerprint density at radius 2 is 2.09 bits per heavy atom. The number of aromatic nitrogens is 1. The van der Waals surface area contributed by atoms with Crippen LogP contribution in [-0.4, -0.2) is 46.7 Å². The van der Waals surface area contributed by atoms with E-state index in [0.29, 0.717) is 18.7 Å². The Balaban J connectivity index is 1.86. The van der Waals surface area contributed by atoms with Crippen molar-refractivity contribution in [2.24, 2.45) is 5.41 Å². The van der Waals surface area contributed by atoms with Gasteiger partial charge in [-0.15, -0.1) is 11.6 Å². The minimum atomic E-state index is -0.565. The van der Waals surface area contributed by atoms with Gasteiger partial charge in [-0.3, -0.25) is 14.6 Å². The van der Waals surface area contributed by atoms with Crippen LogP contribution in [-0.2, 0) is 4.79 Å². The lowest BCUT2D eigenvalue weighted by molar-refractivity contribution is -0.129. The van der Waals surface area contributed by atoms with E-state index in [1.165, 1.54) is 0 Å². The van der Waals surface area contributed by atoms with Gasteiger partial charge in [0.1, 0.15) is 0 Å². The number of rotatable bonds is 4. The molecular weight excluding hydrogens is 302 g/mol. The van der Waals surface area contributed by atoms with Crippen molar-refractivity contribution in [3.8, 4) is 0 Å². The van der Waals surface area contributed by atoms with Crippen molar-refractivity contribution >= 4 is 23.4 Å². The second kappa shape index (κ2) is 7.09. The highest BCUT2D eigenvalue weighted by Gasteiger charge is 2.30. The molecule has 2 rings (SSSR count). The third-order valence-corrected chi connectivity index (χ3v) is 4.64. The summed E-state index contributed by atoms with van der Waals surface area (Å²) in [6, 6.07) is 3.63. The average molecular weight is 324 g/mol. The molecule has 22 heavy (non-hydrogen) atoms. The first-order chi connectivity index (χ1) is 10.4. The first kappa shape index (κ1) is 16.7. The van der Waals surface area contributed by atoms with Gasteiger partial charge in [0, 0.05) is 37.4 Å². The van der Waals surface area contributed by atoms with Gasteiger partial charge >= 0.3 is 0 Å². The van der Waals surface area contributed by atoms with Crippen molar-refractivity contribution < 1.29 is 9.59 Å². The fourth-order valence-corrected chi connectivity index (χ4v) is 2.46. The number of halogens is 1. The van der Waals surface area contributed by atoms with E-state index in [9.17, 15) is 9.59 Å². The van der Waals surface area contributed by atoms with Gasteiger partial charge in [0.15, 0.2) is 0 Å². The topological polar surface area (TPSA) is 62.3 Å². The zero-order valence-corrected chi connectivity index (χ0v) is 13.8. The number of alkyl halides is 1. The molecule has 0 aromatic carbocycles. The fraction of sp³-hybridized carbons (Fsp3) is 0.562. The van der Waals surface area contributed by atoms with Gasteiger partial charge in [-0.2, -0.15) is 0 Å². The molecule has 5 nitrogen and oxygen atoms in total. The number of carbonyl (C=O) groups is 2. The Hall–Kier alpha value is -1.62. The Kier molecular flexibility index (Phi) is 5.40. The summed E-state index contributed by atoms with van der Waals surface area (Å²) < 4.78 is 0. The van der Waals surface area contributed by atoms with Crippen LogP contribution < -0.4 is 5.32 Å². The maximum absolute atomic E-state index is 12.3. The predicted molar refractivity (Wildman–Crippen MR) is 85.8 cm³/mol. The number of hydrogen-bond acceptors (Lipinski definition) is 3. The van der Waals surface area contributed by atoms with Crippen LogP contribution >= 0.6 is 11.6 Å². The van der Waals surface area contributed by atoms with E-state index in [2.05, 4.69) is 10.3 Å². The summed E-state index contributed by atoms with van der Waals surface area (Å²) in [4.78, 5) is 30.2. The predicted octanol–water partition coefficient (Wildman–Crippen LogP) is 2.07. The molecule has 1 aliphatic rings. The van der Waals surface area contributed by atoms with E-state index >= 15 is 0 Å². The van der Waals surface area contributed by atoms with Crippen LogP contribution in [0, 0.1) is 5.41 Å². The lowest BCUT2D eigenvalue weighted by Gasteiger charge is -2.34. The first-order valence-corrected chi connectivity index (χ1v) is 8.04. The molecule has 0 saturated carbocycles. The second-order valence-corrected chi connectivity index (χ2v) is 6.57. The number of nitrogens with one attached hydrogen (secondary N) is 1. The molecule has 1 aliphatic heterocycles. The summed E-state index contributed by atoms with van der Waals surface area (Å²) in [5, 5.41) is 3.04. The number of amides is 2. The van der Waals surface area contributed by atoms with Crippen LogP contribution in [0.1, 0.15) is 37.0 Å². The SMILES string of the molecule is CC(C)(CCl)C(=O)NC1CCN(C(=O)c2cccnc2)CC1. The molecule has 1 aromatic rings. The van der Waals surface area contributed by atoms with Crippen molar-refractivity contribution in [1.29, 1.82) is 0 Å². The van der Waals surface area contributed by atoms with Crippen LogP contribution in [0.5, 0.6) is 0 Å². The average Bonchev–Trinajstić information content (AvgIpc) is 2.55. The van der Waals surface area contributed by atoms with Crippen LogP contribution in [0.15, 0.2) is 24.5 Å². The summed E-state index contributed by atoms with van der Waals surface area (Å²) >= 11 is 5.82. The fourth-order valence-electron chi connectivity index (χ4n) is 2.34. The third-order valence-electron chi connectivity index (χ3n) is 3.97. The molecule has 1 aromatic heterocycles. The Labute approximate surface area is 136 Å². The minimum Gasteiger partial charge on any atom is -0.353 e. The minimum absolute atomic E-state index is 0.000959. The van der Waals surface area contributed by atoms with Gasteiger partial charge in [-0.25, -0.2) is 0 Å². The Morgan fingerprint density at radius 3 is 2.64 bits per heavy atom. The molecule has 0 bridgehead atoms. The highest BCUT2D eigenvalue weighted by molar-refractivity contribution is 6.19. The number of likely N-dealkylation sites (tertiary alicyclic amines) is 1. The maximum Gasteiger partial charge on any atom is 0.255 e. The van der Waals surface area contributed by atoms with Gasteiger partial charge in [0.25, 0.3) is 5.91 Å². The summed E-state index contributed by atoms with van der Waals surface area (Å²) in [5.41, 5.74) is 0.0396. The molecule has 0 aliphatic carbocycles. The normalized spacial score (nSPS) is 16.4. The number of pyridine rings is 1. The van der Waals surface area contributed by atoms with E-state index in [1.807, 2.05) is 18.7 Å². The molecule has 1 saturated heterocycles. The van der Waals surface area contributed by atoms with Crippen LogP contribution in [0.2, 0.25) is 0 Å². The summed E-state index contributed by atoms with van der Waals surface area (Å²) in [5.74, 6) is 0.260. The van der Waals surface area contributed by atoms with Gasteiger partial charge in [0.2, 0.25) is 5.91 Å².